The highest BCUT2D eigenvalue weighted by Gasteiger charge is 2.26. The third-order valence-electron chi connectivity index (χ3n) is 3.90. The Bertz CT molecular complexity index is 559. The molecule has 2 rings (SSSR count). The minimum Gasteiger partial charge on any atom is -0.377 e. The molecule has 0 aliphatic rings. The van der Waals surface area contributed by atoms with Crippen molar-refractivity contribution in [2.45, 2.75) is 20.0 Å². The number of anilines is 1. The largest absolute Gasteiger partial charge is 0.377 e. The maximum Gasteiger partial charge on any atom is 0.112 e. The van der Waals surface area contributed by atoms with E-state index in [0.717, 1.165) is 0 Å². The second-order valence-electron chi connectivity index (χ2n) is 5.89. The first kappa shape index (κ1) is 13.9. The van der Waals surface area contributed by atoms with Gasteiger partial charge in [-0.05, 0) is 18.6 Å². The molecule has 100 valence electrons. The Labute approximate surface area is 117 Å². The zero-order valence-electron chi connectivity index (χ0n) is 12.6. The molecule has 0 atom stereocenters. The van der Waals surface area contributed by atoms with Crippen molar-refractivity contribution < 1.29 is 0 Å². The molecule has 0 aromatic heterocycles. The maximum absolute atomic E-state index is 2.42. The number of nitrogens with zero attached hydrogens (tertiary/aromatic N) is 1. The van der Waals surface area contributed by atoms with Crippen LogP contribution in [-0.4, -0.2) is 22.2 Å². The van der Waals surface area contributed by atoms with E-state index in [4.69, 9.17) is 0 Å². The molecule has 0 radical (unpaired) electrons. The van der Waals surface area contributed by atoms with Gasteiger partial charge in [-0.3, -0.25) is 0 Å². The second-order valence-corrected chi connectivity index (χ2v) is 10.3. The summed E-state index contributed by atoms with van der Waals surface area (Å²) < 4.78 is 0. The van der Waals surface area contributed by atoms with Crippen LogP contribution < -0.4 is 15.3 Å². The molecule has 0 aliphatic carbocycles. The van der Waals surface area contributed by atoms with Crippen molar-refractivity contribution in [2.75, 3.05) is 19.0 Å². The molecule has 1 nitrogen and oxygen atoms in total. The van der Waals surface area contributed by atoms with Gasteiger partial charge in [0.15, 0.2) is 0 Å². The predicted octanol–water partition coefficient (Wildman–Crippen LogP) is 2.88. The molecule has 0 fully saturated rings. The van der Waals surface area contributed by atoms with Crippen LogP contribution in [-0.2, 0) is 0 Å². The molecular formula is C17H23NSi. The summed E-state index contributed by atoms with van der Waals surface area (Å²) in [5.74, 6) is 0. The van der Waals surface area contributed by atoms with Crippen molar-refractivity contribution in [3.63, 3.8) is 0 Å². The third-order valence-corrected chi connectivity index (χ3v) is 7.43. The summed E-state index contributed by atoms with van der Waals surface area (Å²) in [6.07, 6.45) is 0. The first-order chi connectivity index (χ1) is 8.93. The highest BCUT2D eigenvalue weighted by Crippen LogP contribution is 2.17. The molecule has 19 heavy (non-hydrogen) atoms. The molecule has 0 bridgehead atoms. The minimum absolute atomic E-state index is 1.31. The van der Waals surface area contributed by atoms with Crippen molar-refractivity contribution in [2.24, 2.45) is 0 Å². The van der Waals surface area contributed by atoms with Gasteiger partial charge in [-0.2, -0.15) is 0 Å². The number of hydrogen-bond donors (Lipinski definition) is 0. The van der Waals surface area contributed by atoms with E-state index in [-0.39, 0.29) is 0 Å². The summed E-state index contributed by atoms with van der Waals surface area (Å²) in [7, 11) is 2.63. The fraction of sp³-hybridized carbons (Fsp3) is 0.294. The molecule has 0 unspecified atom stereocenters. The van der Waals surface area contributed by atoms with E-state index in [1.807, 2.05) is 0 Å². The molecule has 2 aromatic rings. The summed E-state index contributed by atoms with van der Waals surface area (Å²) in [5, 5.41) is 2.99. The van der Waals surface area contributed by atoms with E-state index in [2.05, 4.69) is 87.5 Å². The maximum atomic E-state index is 2.42. The Morgan fingerprint density at radius 3 is 2.00 bits per heavy atom. The highest BCUT2D eigenvalue weighted by molar-refractivity contribution is 7.00. The first-order valence-electron chi connectivity index (χ1n) is 6.77. The normalized spacial score (nSPS) is 11.4. The zero-order valence-corrected chi connectivity index (χ0v) is 13.6. The average molecular weight is 269 g/mol. The Balaban J connectivity index is 2.44. The van der Waals surface area contributed by atoms with Gasteiger partial charge in [0.25, 0.3) is 0 Å². The Morgan fingerprint density at radius 1 is 0.842 bits per heavy atom. The second kappa shape index (κ2) is 5.22. The van der Waals surface area contributed by atoms with Crippen molar-refractivity contribution >= 4 is 24.1 Å². The number of hydrogen-bond acceptors (Lipinski definition) is 1. The standard InChI is InChI=1S/C17H23NSi/c1-14-13-16(11-12-17(14)18(2)3)19(4,5)15-9-7-6-8-10-15/h6-13H,1-5H3. The van der Waals surface area contributed by atoms with Crippen LogP contribution in [0.2, 0.25) is 13.1 Å². The van der Waals surface area contributed by atoms with Crippen LogP contribution in [0.5, 0.6) is 0 Å². The summed E-state index contributed by atoms with van der Waals surface area (Å²) in [6, 6.07) is 17.8. The van der Waals surface area contributed by atoms with Gasteiger partial charge in [0.05, 0.1) is 0 Å². The molecule has 0 spiro atoms. The molecule has 0 amide bonds. The van der Waals surface area contributed by atoms with Crippen LogP contribution in [0.25, 0.3) is 0 Å². The lowest BCUT2D eigenvalue weighted by Gasteiger charge is -2.25. The molecule has 2 heteroatoms. The molecule has 2 aromatic carbocycles. The highest BCUT2D eigenvalue weighted by atomic mass is 28.3. The summed E-state index contributed by atoms with van der Waals surface area (Å²) in [4.78, 5) is 2.18. The SMILES string of the molecule is Cc1cc([Si](C)(C)c2ccccc2)ccc1N(C)C. The predicted molar refractivity (Wildman–Crippen MR) is 88.7 cm³/mol. The summed E-state index contributed by atoms with van der Waals surface area (Å²) in [5.41, 5.74) is 2.67. The lowest BCUT2D eigenvalue weighted by atomic mass is 10.2. The van der Waals surface area contributed by atoms with Gasteiger partial charge >= 0.3 is 0 Å². The van der Waals surface area contributed by atoms with E-state index in [1.165, 1.54) is 21.6 Å². The molecular weight excluding hydrogens is 246 g/mol. The average Bonchev–Trinajstić information content (AvgIpc) is 2.39. The van der Waals surface area contributed by atoms with Gasteiger partial charge in [-0.15, -0.1) is 0 Å². The fourth-order valence-electron chi connectivity index (χ4n) is 2.57. The number of aryl methyl sites for hydroxylation is 1. The van der Waals surface area contributed by atoms with Gasteiger partial charge < -0.3 is 4.90 Å². The quantitative estimate of drug-likeness (QED) is 0.775. The topological polar surface area (TPSA) is 3.24 Å². The van der Waals surface area contributed by atoms with E-state index in [1.54, 1.807) is 0 Å². The van der Waals surface area contributed by atoms with Crippen molar-refractivity contribution in [3.05, 3.63) is 54.1 Å². The lowest BCUT2D eigenvalue weighted by Crippen LogP contribution is -2.52. The van der Waals surface area contributed by atoms with Crippen molar-refractivity contribution in [1.29, 1.82) is 0 Å². The van der Waals surface area contributed by atoms with Gasteiger partial charge in [0.1, 0.15) is 8.07 Å². The van der Waals surface area contributed by atoms with Crippen molar-refractivity contribution in [3.8, 4) is 0 Å². The van der Waals surface area contributed by atoms with Crippen LogP contribution in [0.3, 0.4) is 0 Å². The fourth-order valence-corrected chi connectivity index (χ4v) is 5.00. The summed E-state index contributed by atoms with van der Waals surface area (Å²) >= 11 is 0. The lowest BCUT2D eigenvalue weighted by molar-refractivity contribution is 1.12. The smallest absolute Gasteiger partial charge is 0.112 e. The van der Waals surface area contributed by atoms with Gasteiger partial charge in [0.2, 0.25) is 0 Å². The van der Waals surface area contributed by atoms with E-state index in [0.29, 0.717) is 0 Å². The van der Waals surface area contributed by atoms with E-state index >= 15 is 0 Å². The Kier molecular flexibility index (Phi) is 3.81. The van der Waals surface area contributed by atoms with Crippen molar-refractivity contribution in [1.82, 2.24) is 0 Å². The first-order valence-corrected chi connectivity index (χ1v) is 9.77. The molecule has 0 heterocycles. The number of benzene rings is 2. The zero-order chi connectivity index (χ0) is 14.0. The summed E-state index contributed by atoms with van der Waals surface area (Å²) in [6.45, 7) is 7.05. The Morgan fingerprint density at radius 2 is 1.47 bits per heavy atom. The van der Waals surface area contributed by atoms with Gasteiger partial charge in [0, 0.05) is 19.8 Å². The van der Waals surface area contributed by atoms with Crippen LogP contribution in [0.1, 0.15) is 5.56 Å². The number of rotatable bonds is 3. The van der Waals surface area contributed by atoms with Crippen LogP contribution in [0, 0.1) is 6.92 Å². The molecule has 0 saturated heterocycles. The van der Waals surface area contributed by atoms with E-state index < -0.39 is 8.07 Å². The van der Waals surface area contributed by atoms with Gasteiger partial charge in [-0.25, -0.2) is 0 Å². The minimum atomic E-state index is -1.56. The van der Waals surface area contributed by atoms with E-state index in [9.17, 15) is 0 Å². The monoisotopic (exact) mass is 269 g/mol. The van der Waals surface area contributed by atoms with Crippen LogP contribution in [0.15, 0.2) is 48.5 Å². The van der Waals surface area contributed by atoms with Crippen LogP contribution >= 0.6 is 0 Å². The molecule has 0 saturated carbocycles. The third kappa shape index (κ3) is 2.74. The van der Waals surface area contributed by atoms with Gasteiger partial charge in [-0.1, -0.05) is 65.9 Å². The Hall–Kier alpha value is -1.54. The molecule has 0 aliphatic heterocycles. The van der Waals surface area contributed by atoms with Crippen LogP contribution in [0.4, 0.5) is 5.69 Å². The molecule has 0 N–H and O–H groups in total.